The molecule has 2 aromatic carbocycles. The van der Waals surface area contributed by atoms with Crippen molar-refractivity contribution in [2.75, 3.05) is 19.0 Å². The summed E-state index contributed by atoms with van der Waals surface area (Å²) in [5.41, 5.74) is 2.73. The first-order valence-corrected chi connectivity index (χ1v) is 8.69. The Balaban J connectivity index is 1.58. The van der Waals surface area contributed by atoms with Crippen molar-refractivity contribution in [3.63, 3.8) is 0 Å². The van der Waals surface area contributed by atoms with Gasteiger partial charge in [-0.25, -0.2) is 4.79 Å². The average Bonchev–Trinajstić information content (AvgIpc) is 3.06. The van der Waals surface area contributed by atoms with E-state index in [1.807, 2.05) is 41.3 Å². The van der Waals surface area contributed by atoms with Crippen LogP contribution < -0.4 is 15.4 Å². The lowest BCUT2D eigenvalue weighted by Crippen LogP contribution is -2.29. The Labute approximate surface area is 153 Å². The lowest BCUT2D eigenvalue weighted by molar-refractivity contribution is -0.128. The monoisotopic (exact) mass is 353 g/mol. The molecule has 0 bridgehead atoms. The maximum atomic E-state index is 12.2. The van der Waals surface area contributed by atoms with Gasteiger partial charge in [-0.05, 0) is 29.7 Å². The summed E-state index contributed by atoms with van der Waals surface area (Å²) in [5.74, 6) is 0.881. The minimum Gasteiger partial charge on any atom is -0.497 e. The molecule has 1 fully saturated rings. The van der Waals surface area contributed by atoms with Crippen molar-refractivity contribution in [3.05, 3.63) is 59.7 Å². The van der Waals surface area contributed by atoms with Gasteiger partial charge in [0.05, 0.1) is 7.11 Å². The number of hydrogen-bond acceptors (Lipinski definition) is 3. The Hall–Kier alpha value is -3.02. The first-order chi connectivity index (χ1) is 12.7. The van der Waals surface area contributed by atoms with E-state index in [0.717, 1.165) is 24.1 Å². The molecule has 6 heteroatoms. The van der Waals surface area contributed by atoms with Crippen molar-refractivity contribution >= 4 is 17.6 Å². The average molecular weight is 353 g/mol. The fourth-order valence-corrected chi connectivity index (χ4v) is 3.01. The van der Waals surface area contributed by atoms with Crippen molar-refractivity contribution in [2.45, 2.75) is 25.9 Å². The highest BCUT2D eigenvalue weighted by Gasteiger charge is 2.20. The van der Waals surface area contributed by atoms with E-state index in [2.05, 4.69) is 10.6 Å². The van der Waals surface area contributed by atoms with Crippen LogP contribution in [0.2, 0.25) is 0 Å². The topological polar surface area (TPSA) is 70.7 Å². The van der Waals surface area contributed by atoms with Gasteiger partial charge in [-0.2, -0.15) is 0 Å². The molecule has 2 N–H and O–H groups in total. The van der Waals surface area contributed by atoms with Crippen LogP contribution in [0.1, 0.15) is 24.0 Å². The van der Waals surface area contributed by atoms with Crippen LogP contribution in [0.15, 0.2) is 48.5 Å². The van der Waals surface area contributed by atoms with Crippen molar-refractivity contribution in [2.24, 2.45) is 0 Å². The quantitative estimate of drug-likeness (QED) is 0.838. The van der Waals surface area contributed by atoms with E-state index in [1.54, 1.807) is 19.2 Å². The molecule has 1 aliphatic rings. The Kier molecular flexibility index (Phi) is 5.73. The van der Waals surface area contributed by atoms with Crippen molar-refractivity contribution in [1.29, 1.82) is 0 Å². The van der Waals surface area contributed by atoms with Gasteiger partial charge in [-0.3, -0.25) is 4.79 Å². The van der Waals surface area contributed by atoms with Crippen LogP contribution in [0.5, 0.6) is 5.75 Å². The van der Waals surface area contributed by atoms with Crippen LogP contribution in [0, 0.1) is 0 Å². The van der Waals surface area contributed by atoms with E-state index in [4.69, 9.17) is 4.74 Å². The van der Waals surface area contributed by atoms with Crippen molar-refractivity contribution < 1.29 is 14.3 Å². The fraction of sp³-hybridized carbons (Fsp3) is 0.300. The summed E-state index contributed by atoms with van der Waals surface area (Å²) < 4.78 is 5.15. The molecule has 26 heavy (non-hydrogen) atoms. The standard InChI is InChI=1S/C20H23N3O3/c1-26-18-9-4-8-17(12-18)22-20(25)21-13-15-6-2-3-7-16(15)14-23-11-5-10-19(23)24/h2-4,6-9,12H,5,10-11,13-14H2,1H3,(H2,21,22,25). The van der Waals surface area contributed by atoms with E-state index in [0.29, 0.717) is 30.9 Å². The first kappa shape index (κ1) is 17.8. The normalized spacial score (nSPS) is 13.6. The molecule has 3 rings (SSSR count). The molecule has 6 nitrogen and oxygen atoms in total. The van der Waals surface area contributed by atoms with Gasteiger partial charge < -0.3 is 20.3 Å². The second kappa shape index (κ2) is 8.38. The van der Waals surface area contributed by atoms with Crippen LogP contribution >= 0.6 is 0 Å². The summed E-state index contributed by atoms with van der Waals surface area (Å²) in [7, 11) is 1.58. The number of amides is 3. The molecule has 1 saturated heterocycles. The minimum atomic E-state index is -0.287. The van der Waals surface area contributed by atoms with Gasteiger partial charge >= 0.3 is 6.03 Å². The largest absolute Gasteiger partial charge is 0.497 e. The van der Waals surface area contributed by atoms with Gasteiger partial charge in [0.15, 0.2) is 0 Å². The predicted octanol–water partition coefficient (Wildman–Crippen LogP) is 3.14. The zero-order valence-corrected chi connectivity index (χ0v) is 14.8. The molecule has 3 amide bonds. The zero-order chi connectivity index (χ0) is 18.4. The van der Waals surface area contributed by atoms with E-state index < -0.39 is 0 Å². The number of anilines is 1. The van der Waals surface area contributed by atoms with Gasteiger partial charge in [0, 0.05) is 37.8 Å². The Morgan fingerprint density at radius 1 is 1.15 bits per heavy atom. The number of carbonyl (C=O) groups excluding carboxylic acids is 2. The highest BCUT2D eigenvalue weighted by molar-refractivity contribution is 5.89. The third-order valence-corrected chi connectivity index (χ3v) is 4.42. The third kappa shape index (κ3) is 4.53. The maximum absolute atomic E-state index is 12.2. The molecular formula is C20H23N3O3. The number of hydrogen-bond donors (Lipinski definition) is 2. The van der Waals surface area contributed by atoms with E-state index in [1.165, 1.54) is 0 Å². The van der Waals surface area contributed by atoms with Gasteiger partial charge in [-0.15, -0.1) is 0 Å². The molecule has 0 spiro atoms. The number of ether oxygens (including phenoxy) is 1. The van der Waals surface area contributed by atoms with Crippen molar-refractivity contribution in [3.8, 4) is 5.75 Å². The second-order valence-corrected chi connectivity index (χ2v) is 6.23. The molecule has 2 aromatic rings. The highest BCUT2D eigenvalue weighted by Crippen LogP contribution is 2.18. The van der Waals surface area contributed by atoms with Gasteiger partial charge in [0.25, 0.3) is 0 Å². The SMILES string of the molecule is COc1cccc(NC(=O)NCc2ccccc2CN2CCCC2=O)c1. The number of benzene rings is 2. The summed E-state index contributed by atoms with van der Waals surface area (Å²) in [6, 6.07) is 14.8. The lowest BCUT2D eigenvalue weighted by atomic mass is 10.1. The lowest BCUT2D eigenvalue weighted by Gasteiger charge is -2.18. The molecular weight excluding hydrogens is 330 g/mol. The first-order valence-electron chi connectivity index (χ1n) is 8.69. The van der Waals surface area contributed by atoms with Crippen LogP contribution in [-0.4, -0.2) is 30.5 Å². The predicted molar refractivity (Wildman–Crippen MR) is 99.9 cm³/mol. The molecule has 1 heterocycles. The summed E-state index contributed by atoms with van der Waals surface area (Å²) in [6.45, 7) is 1.79. The number of likely N-dealkylation sites (tertiary alicyclic amines) is 1. The molecule has 0 aromatic heterocycles. The number of carbonyl (C=O) groups is 2. The second-order valence-electron chi connectivity index (χ2n) is 6.23. The summed E-state index contributed by atoms with van der Waals surface area (Å²) in [5, 5.41) is 5.66. The minimum absolute atomic E-state index is 0.198. The molecule has 1 aliphatic heterocycles. The number of nitrogens with zero attached hydrogens (tertiary/aromatic N) is 1. The smallest absolute Gasteiger partial charge is 0.319 e. The van der Waals surface area contributed by atoms with Gasteiger partial charge in [0.1, 0.15) is 5.75 Å². The number of rotatable bonds is 6. The molecule has 0 aliphatic carbocycles. The molecule has 136 valence electrons. The molecule has 0 atom stereocenters. The van der Waals surface area contributed by atoms with Gasteiger partial charge in [-0.1, -0.05) is 30.3 Å². The van der Waals surface area contributed by atoms with Crippen LogP contribution in [0.25, 0.3) is 0 Å². The number of methoxy groups -OCH3 is 1. The molecule has 0 unspecified atom stereocenters. The van der Waals surface area contributed by atoms with E-state index in [-0.39, 0.29) is 11.9 Å². The Bertz CT molecular complexity index is 791. The van der Waals surface area contributed by atoms with Crippen LogP contribution in [0.3, 0.4) is 0 Å². The summed E-state index contributed by atoms with van der Waals surface area (Å²) >= 11 is 0. The molecule has 0 saturated carbocycles. The maximum Gasteiger partial charge on any atom is 0.319 e. The fourth-order valence-electron chi connectivity index (χ4n) is 3.01. The summed E-state index contributed by atoms with van der Waals surface area (Å²) in [6.07, 6.45) is 1.55. The van der Waals surface area contributed by atoms with E-state index in [9.17, 15) is 9.59 Å². The Morgan fingerprint density at radius 2 is 1.96 bits per heavy atom. The van der Waals surface area contributed by atoms with Crippen molar-refractivity contribution in [1.82, 2.24) is 10.2 Å². The number of urea groups is 1. The van der Waals surface area contributed by atoms with Gasteiger partial charge in [0.2, 0.25) is 5.91 Å². The summed E-state index contributed by atoms with van der Waals surface area (Å²) in [4.78, 5) is 25.9. The Morgan fingerprint density at radius 3 is 2.69 bits per heavy atom. The van der Waals surface area contributed by atoms with Crippen LogP contribution in [-0.2, 0) is 17.9 Å². The number of nitrogens with one attached hydrogen (secondary N) is 2. The van der Waals surface area contributed by atoms with Crippen LogP contribution in [0.4, 0.5) is 10.5 Å². The van der Waals surface area contributed by atoms with E-state index >= 15 is 0 Å². The molecule has 0 radical (unpaired) electrons. The highest BCUT2D eigenvalue weighted by atomic mass is 16.5. The third-order valence-electron chi connectivity index (χ3n) is 4.42. The zero-order valence-electron chi connectivity index (χ0n) is 14.8.